The molecule has 1 rings (SSSR count). The molecule has 60 valence electrons. The molecule has 0 aromatic carbocycles. The molecule has 1 aromatic rings. The van der Waals surface area contributed by atoms with Crippen LogP contribution in [0.5, 0.6) is 0 Å². The van der Waals surface area contributed by atoms with Gasteiger partial charge in [0.2, 0.25) is 0 Å². The number of rotatable bonds is 3. The normalized spacial score (nSPS) is 12.9. The first-order chi connectivity index (χ1) is 5.25. The molecular weight excluding hydrogens is 140 g/mol. The first kappa shape index (κ1) is 7.94. The van der Waals surface area contributed by atoms with Crippen molar-refractivity contribution in [3.8, 4) is 0 Å². The van der Waals surface area contributed by atoms with E-state index >= 15 is 0 Å². The molecule has 11 heavy (non-hydrogen) atoms. The highest BCUT2D eigenvalue weighted by Gasteiger charge is 2.07. The van der Waals surface area contributed by atoms with Gasteiger partial charge in [-0.25, -0.2) is 0 Å². The predicted molar refractivity (Wildman–Crippen MR) is 42.7 cm³/mol. The molecule has 1 atom stereocenters. The Morgan fingerprint density at radius 2 is 2.64 bits per heavy atom. The van der Waals surface area contributed by atoms with Crippen molar-refractivity contribution in [2.75, 3.05) is 0 Å². The van der Waals surface area contributed by atoms with Crippen LogP contribution in [-0.2, 0) is 7.05 Å². The lowest BCUT2D eigenvalue weighted by Gasteiger charge is -2.06. The standard InChI is InChI=1S/C7H12N4/c1-3-4-6(8)7-5-9-10-11(7)2/h3,5-6H,1,4,8H2,2H3. The Hall–Kier alpha value is -1.16. The van der Waals surface area contributed by atoms with E-state index in [9.17, 15) is 0 Å². The lowest BCUT2D eigenvalue weighted by atomic mass is 10.2. The Morgan fingerprint density at radius 1 is 1.91 bits per heavy atom. The predicted octanol–water partition coefficient (Wildman–Crippen LogP) is 0.391. The Balaban J connectivity index is 2.74. The minimum Gasteiger partial charge on any atom is -0.322 e. The van der Waals surface area contributed by atoms with Crippen LogP contribution in [0.1, 0.15) is 18.2 Å². The summed E-state index contributed by atoms with van der Waals surface area (Å²) in [6.45, 7) is 3.61. The topological polar surface area (TPSA) is 56.7 Å². The smallest absolute Gasteiger partial charge is 0.0754 e. The van der Waals surface area contributed by atoms with Crippen molar-refractivity contribution in [2.24, 2.45) is 12.8 Å². The van der Waals surface area contributed by atoms with Gasteiger partial charge in [0.15, 0.2) is 0 Å². The highest BCUT2D eigenvalue weighted by molar-refractivity contribution is 5.02. The number of aromatic nitrogens is 3. The summed E-state index contributed by atoms with van der Waals surface area (Å²) in [5.41, 5.74) is 6.71. The molecule has 1 aromatic heterocycles. The fraction of sp³-hybridized carbons (Fsp3) is 0.429. The van der Waals surface area contributed by atoms with Crippen molar-refractivity contribution in [1.82, 2.24) is 15.0 Å². The van der Waals surface area contributed by atoms with Crippen LogP contribution in [0.25, 0.3) is 0 Å². The van der Waals surface area contributed by atoms with E-state index in [4.69, 9.17) is 5.73 Å². The summed E-state index contributed by atoms with van der Waals surface area (Å²) >= 11 is 0. The lowest BCUT2D eigenvalue weighted by molar-refractivity contribution is 0.614. The monoisotopic (exact) mass is 152 g/mol. The van der Waals surface area contributed by atoms with E-state index in [0.717, 1.165) is 12.1 Å². The van der Waals surface area contributed by atoms with Crippen LogP contribution in [0.3, 0.4) is 0 Å². The second-order valence-electron chi connectivity index (χ2n) is 2.41. The molecule has 2 N–H and O–H groups in total. The maximum atomic E-state index is 5.78. The first-order valence-electron chi connectivity index (χ1n) is 3.46. The van der Waals surface area contributed by atoms with Gasteiger partial charge in [-0.05, 0) is 6.42 Å². The quantitative estimate of drug-likeness (QED) is 0.637. The zero-order valence-corrected chi connectivity index (χ0v) is 6.57. The van der Waals surface area contributed by atoms with Crippen LogP contribution in [0.2, 0.25) is 0 Å². The fourth-order valence-corrected chi connectivity index (χ4v) is 0.934. The largest absolute Gasteiger partial charge is 0.322 e. The number of hydrogen-bond donors (Lipinski definition) is 1. The minimum atomic E-state index is -0.0347. The van der Waals surface area contributed by atoms with Gasteiger partial charge in [-0.2, -0.15) is 0 Å². The second-order valence-corrected chi connectivity index (χ2v) is 2.41. The van der Waals surface area contributed by atoms with Gasteiger partial charge in [0.05, 0.1) is 17.9 Å². The molecule has 0 aliphatic rings. The zero-order chi connectivity index (χ0) is 8.27. The van der Waals surface area contributed by atoms with E-state index in [2.05, 4.69) is 16.9 Å². The molecule has 1 heterocycles. The molecule has 0 saturated heterocycles. The lowest BCUT2D eigenvalue weighted by Crippen LogP contribution is -2.13. The third kappa shape index (κ3) is 1.65. The van der Waals surface area contributed by atoms with Crippen LogP contribution in [0.15, 0.2) is 18.9 Å². The van der Waals surface area contributed by atoms with Crippen LogP contribution >= 0.6 is 0 Å². The van der Waals surface area contributed by atoms with E-state index < -0.39 is 0 Å². The summed E-state index contributed by atoms with van der Waals surface area (Å²) in [5.74, 6) is 0. The Labute approximate surface area is 65.7 Å². The van der Waals surface area contributed by atoms with Crippen molar-refractivity contribution < 1.29 is 0 Å². The van der Waals surface area contributed by atoms with Crippen molar-refractivity contribution >= 4 is 0 Å². The average molecular weight is 152 g/mol. The molecule has 1 unspecified atom stereocenters. The van der Waals surface area contributed by atoms with Crippen molar-refractivity contribution in [3.63, 3.8) is 0 Å². The minimum absolute atomic E-state index is 0.0347. The van der Waals surface area contributed by atoms with E-state index in [0.29, 0.717) is 0 Å². The van der Waals surface area contributed by atoms with Gasteiger partial charge in [0.25, 0.3) is 0 Å². The molecule has 0 spiro atoms. The number of hydrogen-bond acceptors (Lipinski definition) is 3. The van der Waals surface area contributed by atoms with Crippen LogP contribution in [0, 0.1) is 0 Å². The number of aryl methyl sites for hydroxylation is 1. The summed E-state index contributed by atoms with van der Waals surface area (Å²) < 4.78 is 1.67. The van der Waals surface area contributed by atoms with E-state index in [1.165, 1.54) is 0 Å². The first-order valence-corrected chi connectivity index (χ1v) is 3.46. The maximum Gasteiger partial charge on any atom is 0.0754 e. The molecule has 0 bridgehead atoms. The molecule has 4 heteroatoms. The number of nitrogens with two attached hydrogens (primary N) is 1. The number of nitrogens with zero attached hydrogens (tertiary/aromatic N) is 3. The summed E-state index contributed by atoms with van der Waals surface area (Å²) in [6, 6.07) is -0.0347. The highest BCUT2D eigenvalue weighted by atomic mass is 15.4. The summed E-state index contributed by atoms with van der Waals surface area (Å²) in [7, 11) is 1.82. The summed E-state index contributed by atoms with van der Waals surface area (Å²) in [6.07, 6.45) is 4.22. The van der Waals surface area contributed by atoms with Crippen molar-refractivity contribution in [3.05, 3.63) is 24.5 Å². The van der Waals surface area contributed by atoms with E-state index in [-0.39, 0.29) is 6.04 Å². The Bertz CT molecular complexity index is 240. The fourth-order valence-electron chi connectivity index (χ4n) is 0.934. The van der Waals surface area contributed by atoms with Gasteiger partial charge in [-0.3, -0.25) is 4.68 Å². The van der Waals surface area contributed by atoms with Gasteiger partial charge >= 0.3 is 0 Å². The molecular formula is C7H12N4. The van der Waals surface area contributed by atoms with E-state index in [1.54, 1.807) is 17.0 Å². The van der Waals surface area contributed by atoms with E-state index in [1.807, 2.05) is 7.05 Å². The molecule has 0 fully saturated rings. The molecule has 0 aliphatic heterocycles. The maximum absolute atomic E-state index is 5.78. The third-order valence-electron chi connectivity index (χ3n) is 1.55. The van der Waals surface area contributed by atoms with Gasteiger partial charge in [0.1, 0.15) is 0 Å². The van der Waals surface area contributed by atoms with Crippen molar-refractivity contribution in [1.29, 1.82) is 0 Å². The zero-order valence-electron chi connectivity index (χ0n) is 6.57. The molecule has 0 radical (unpaired) electrons. The molecule has 0 saturated carbocycles. The summed E-state index contributed by atoms with van der Waals surface area (Å²) in [4.78, 5) is 0. The SMILES string of the molecule is C=CCC(N)c1cnnn1C. The summed E-state index contributed by atoms with van der Waals surface area (Å²) in [5, 5.41) is 7.50. The third-order valence-corrected chi connectivity index (χ3v) is 1.55. The highest BCUT2D eigenvalue weighted by Crippen LogP contribution is 2.10. The van der Waals surface area contributed by atoms with Gasteiger partial charge in [0, 0.05) is 7.05 Å². The van der Waals surface area contributed by atoms with Gasteiger partial charge < -0.3 is 5.73 Å². The van der Waals surface area contributed by atoms with Crippen LogP contribution in [-0.4, -0.2) is 15.0 Å². The van der Waals surface area contributed by atoms with Crippen molar-refractivity contribution in [2.45, 2.75) is 12.5 Å². The van der Waals surface area contributed by atoms with Gasteiger partial charge in [-0.1, -0.05) is 11.3 Å². The molecule has 0 aliphatic carbocycles. The average Bonchev–Trinajstić information content (AvgIpc) is 2.36. The van der Waals surface area contributed by atoms with Gasteiger partial charge in [-0.15, -0.1) is 11.7 Å². The molecule has 0 amide bonds. The van der Waals surface area contributed by atoms with Crippen LogP contribution in [0.4, 0.5) is 0 Å². The Kier molecular flexibility index (Phi) is 2.38. The van der Waals surface area contributed by atoms with Crippen LogP contribution < -0.4 is 5.73 Å². The Morgan fingerprint density at radius 3 is 3.09 bits per heavy atom. The second kappa shape index (κ2) is 3.30. The molecule has 4 nitrogen and oxygen atoms in total.